The highest BCUT2D eigenvalue weighted by Crippen LogP contribution is 2.34. The first-order valence-electron chi connectivity index (χ1n) is 8.17. The molecule has 6 heteroatoms. The van der Waals surface area contributed by atoms with Gasteiger partial charge in [-0.25, -0.2) is 4.99 Å². The van der Waals surface area contributed by atoms with E-state index in [1.165, 1.54) is 11.1 Å². The average Bonchev–Trinajstić information content (AvgIpc) is 3.35. The number of benzene rings is 1. The molecule has 1 saturated heterocycles. The van der Waals surface area contributed by atoms with E-state index in [0.717, 1.165) is 25.1 Å². The summed E-state index contributed by atoms with van der Waals surface area (Å²) in [5, 5.41) is 3.82. The molecule has 1 N–H and O–H groups in total. The van der Waals surface area contributed by atoms with E-state index in [9.17, 15) is 0 Å². The van der Waals surface area contributed by atoms with Crippen LogP contribution in [-0.2, 0) is 17.7 Å². The largest absolute Gasteiger partial charge is 0.467 e. The van der Waals surface area contributed by atoms with Gasteiger partial charge in [-0.2, -0.15) is 0 Å². The number of nitrogens with one attached hydrogen (secondary N) is 1. The number of hydrogen-bond acceptors (Lipinski definition) is 4. The molecule has 1 aromatic carbocycles. The second-order valence-corrected chi connectivity index (χ2v) is 6.29. The molecule has 0 amide bonds. The second kappa shape index (κ2) is 6.65. The summed E-state index contributed by atoms with van der Waals surface area (Å²) in [6, 6.07) is 13.0. The van der Waals surface area contributed by atoms with Gasteiger partial charge in [0.2, 0.25) is 0 Å². The Hall–Kier alpha value is -2.34. The molecule has 0 spiro atoms. The van der Waals surface area contributed by atoms with Gasteiger partial charge in [0.05, 0.1) is 25.4 Å². The number of thiocarbonyl (C=S) groups is 1. The lowest BCUT2D eigenvalue weighted by atomic mass is 10.1. The van der Waals surface area contributed by atoms with Crippen molar-refractivity contribution in [1.29, 1.82) is 0 Å². The highest BCUT2D eigenvalue weighted by molar-refractivity contribution is 7.80. The van der Waals surface area contributed by atoms with Crippen molar-refractivity contribution in [2.24, 2.45) is 4.99 Å². The summed E-state index contributed by atoms with van der Waals surface area (Å²) in [4.78, 5) is 6.76. The molecule has 0 radical (unpaired) electrons. The fraction of sp³-hybridized carbons (Fsp3) is 0.333. The number of nitrogens with zero attached hydrogens (tertiary/aromatic N) is 2. The van der Waals surface area contributed by atoms with Gasteiger partial charge >= 0.3 is 0 Å². The van der Waals surface area contributed by atoms with Crippen molar-refractivity contribution in [2.45, 2.75) is 25.4 Å². The lowest BCUT2D eigenvalue weighted by Crippen LogP contribution is -2.40. The maximum Gasteiger partial charge on any atom is 0.294 e. The Balaban J connectivity index is 1.46. The van der Waals surface area contributed by atoms with E-state index in [0.29, 0.717) is 24.3 Å². The van der Waals surface area contributed by atoms with E-state index < -0.39 is 0 Å². The molecule has 1 aliphatic heterocycles. The van der Waals surface area contributed by atoms with Gasteiger partial charge < -0.3 is 14.5 Å². The molecule has 24 heavy (non-hydrogen) atoms. The molecule has 4 rings (SSSR count). The van der Waals surface area contributed by atoms with E-state index in [2.05, 4.69) is 29.6 Å². The van der Waals surface area contributed by atoms with E-state index in [1.807, 2.05) is 17.0 Å². The Labute approximate surface area is 146 Å². The van der Waals surface area contributed by atoms with Crippen LogP contribution in [0.4, 0.5) is 0 Å². The van der Waals surface area contributed by atoms with Crippen LogP contribution in [0.5, 0.6) is 0 Å². The molecule has 2 aromatic rings. The lowest BCUT2D eigenvalue weighted by molar-refractivity contribution is 0.348. The normalized spacial score (nSPS) is 20.9. The minimum Gasteiger partial charge on any atom is -0.467 e. The fourth-order valence-corrected chi connectivity index (χ4v) is 3.41. The third-order valence-electron chi connectivity index (χ3n) is 4.38. The van der Waals surface area contributed by atoms with Crippen LogP contribution < -0.4 is 5.32 Å². The molecule has 1 aromatic heterocycles. The number of ether oxygens (including phenoxy) is 1. The monoisotopic (exact) mass is 341 g/mol. The molecule has 124 valence electrons. The molecule has 0 unspecified atom stereocenters. The Morgan fingerprint density at radius 2 is 2.21 bits per heavy atom. The molecule has 1 aliphatic carbocycles. The smallest absolute Gasteiger partial charge is 0.294 e. The SMILES string of the molecule is S=C(NCc1ccco1)N1CCOC1=N[C@H]1CCc2ccccc21. The van der Waals surface area contributed by atoms with Crippen molar-refractivity contribution >= 4 is 23.4 Å². The number of hydrogen-bond donors (Lipinski definition) is 1. The zero-order chi connectivity index (χ0) is 16.4. The van der Waals surface area contributed by atoms with Crippen molar-refractivity contribution in [1.82, 2.24) is 10.2 Å². The summed E-state index contributed by atoms with van der Waals surface area (Å²) in [6.45, 7) is 1.88. The van der Waals surface area contributed by atoms with Crippen molar-refractivity contribution in [3.8, 4) is 0 Å². The van der Waals surface area contributed by atoms with Crippen molar-refractivity contribution in [2.75, 3.05) is 13.2 Å². The van der Waals surface area contributed by atoms with Crippen LogP contribution in [0.25, 0.3) is 0 Å². The predicted octanol–water partition coefficient (Wildman–Crippen LogP) is 3.03. The van der Waals surface area contributed by atoms with E-state index >= 15 is 0 Å². The van der Waals surface area contributed by atoms with Gasteiger partial charge in [0, 0.05) is 0 Å². The first-order valence-corrected chi connectivity index (χ1v) is 8.58. The van der Waals surface area contributed by atoms with E-state index in [-0.39, 0.29) is 6.04 Å². The molecular weight excluding hydrogens is 322 g/mol. The minimum atomic E-state index is 0.157. The van der Waals surface area contributed by atoms with Gasteiger partial charge in [-0.1, -0.05) is 24.3 Å². The molecule has 2 heterocycles. The molecule has 1 atom stereocenters. The molecule has 0 saturated carbocycles. The number of fused-ring (bicyclic) bond motifs is 1. The number of aryl methyl sites for hydroxylation is 1. The number of aliphatic imine (C=N–C) groups is 1. The highest BCUT2D eigenvalue weighted by Gasteiger charge is 2.28. The molecule has 2 aliphatic rings. The van der Waals surface area contributed by atoms with Crippen LogP contribution in [0.2, 0.25) is 0 Å². The van der Waals surface area contributed by atoms with Crippen LogP contribution in [-0.4, -0.2) is 29.2 Å². The summed E-state index contributed by atoms with van der Waals surface area (Å²) in [5.74, 6) is 0.848. The van der Waals surface area contributed by atoms with Crippen molar-refractivity contribution in [3.05, 3.63) is 59.5 Å². The van der Waals surface area contributed by atoms with Gasteiger partial charge in [-0.05, 0) is 48.3 Å². The van der Waals surface area contributed by atoms with Crippen LogP contribution in [0, 0.1) is 0 Å². The van der Waals surface area contributed by atoms with Gasteiger partial charge in [0.15, 0.2) is 5.11 Å². The van der Waals surface area contributed by atoms with Crippen molar-refractivity contribution in [3.63, 3.8) is 0 Å². The van der Waals surface area contributed by atoms with Crippen LogP contribution in [0.15, 0.2) is 52.1 Å². The van der Waals surface area contributed by atoms with Gasteiger partial charge in [0.1, 0.15) is 12.4 Å². The Morgan fingerprint density at radius 3 is 3.08 bits per heavy atom. The van der Waals surface area contributed by atoms with Crippen LogP contribution in [0.1, 0.15) is 29.3 Å². The third-order valence-corrected chi connectivity index (χ3v) is 4.75. The summed E-state index contributed by atoms with van der Waals surface area (Å²) < 4.78 is 11.0. The predicted molar refractivity (Wildman–Crippen MR) is 95.7 cm³/mol. The number of rotatable bonds is 3. The van der Waals surface area contributed by atoms with Gasteiger partial charge in [0.25, 0.3) is 6.02 Å². The zero-order valence-corrected chi connectivity index (χ0v) is 14.1. The summed E-state index contributed by atoms with van der Waals surface area (Å²) in [6.07, 6.45) is 3.74. The number of amidine groups is 1. The summed E-state index contributed by atoms with van der Waals surface area (Å²) >= 11 is 5.50. The quantitative estimate of drug-likeness (QED) is 0.870. The highest BCUT2D eigenvalue weighted by atomic mass is 32.1. The molecule has 5 nitrogen and oxygen atoms in total. The minimum absolute atomic E-state index is 0.157. The molecule has 1 fully saturated rings. The van der Waals surface area contributed by atoms with E-state index in [1.54, 1.807) is 6.26 Å². The Morgan fingerprint density at radius 1 is 1.29 bits per heavy atom. The topological polar surface area (TPSA) is 50.0 Å². The summed E-state index contributed by atoms with van der Waals surface area (Å²) in [7, 11) is 0. The average molecular weight is 341 g/mol. The maximum absolute atomic E-state index is 5.73. The lowest BCUT2D eigenvalue weighted by Gasteiger charge is -2.19. The fourth-order valence-electron chi connectivity index (χ4n) is 3.17. The second-order valence-electron chi connectivity index (χ2n) is 5.90. The Kier molecular flexibility index (Phi) is 4.21. The van der Waals surface area contributed by atoms with Gasteiger partial charge in [-0.15, -0.1) is 0 Å². The molecule has 0 bridgehead atoms. The van der Waals surface area contributed by atoms with Crippen LogP contribution >= 0.6 is 12.2 Å². The number of furan rings is 1. The zero-order valence-electron chi connectivity index (χ0n) is 13.3. The maximum atomic E-state index is 5.73. The first kappa shape index (κ1) is 15.2. The van der Waals surface area contributed by atoms with Crippen molar-refractivity contribution < 1.29 is 9.15 Å². The summed E-state index contributed by atoms with van der Waals surface area (Å²) in [5.41, 5.74) is 2.69. The third kappa shape index (κ3) is 3.01. The van der Waals surface area contributed by atoms with Crippen LogP contribution in [0.3, 0.4) is 0 Å². The molecular formula is C18H19N3O2S. The van der Waals surface area contributed by atoms with Gasteiger partial charge in [-0.3, -0.25) is 4.90 Å². The first-order chi connectivity index (χ1) is 11.8. The van der Waals surface area contributed by atoms with E-state index in [4.69, 9.17) is 26.4 Å². The Bertz CT molecular complexity index is 757. The standard InChI is InChI=1S/C18H19N3O2S/c24-18(19-12-14-5-3-10-22-14)21-9-11-23-17(21)20-16-8-7-13-4-1-2-6-15(13)16/h1-6,10,16H,7-9,11-12H2,(H,19,24)/t16-/m0/s1.